The molecule has 1 unspecified atom stereocenters. The van der Waals surface area contributed by atoms with Gasteiger partial charge in [-0.3, -0.25) is 0 Å². The predicted octanol–water partition coefficient (Wildman–Crippen LogP) is 4.71. The van der Waals surface area contributed by atoms with Crippen LogP contribution in [0.2, 0.25) is 9.36 Å². The molecule has 1 heterocycles. The lowest BCUT2D eigenvalue weighted by atomic mass is 10.1. The van der Waals surface area contributed by atoms with Gasteiger partial charge in [0.2, 0.25) is 0 Å². The fourth-order valence-electron chi connectivity index (χ4n) is 1.37. The average Bonchev–Trinajstić information content (AvgIpc) is 2.68. The summed E-state index contributed by atoms with van der Waals surface area (Å²) in [7, 11) is 0. The Bertz CT molecular complexity index is 512. The van der Waals surface area contributed by atoms with Crippen LogP contribution in [-0.2, 0) is 0 Å². The highest BCUT2D eigenvalue weighted by atomic mass is 127. The topological polar surface area (TPSA) is 26.0 Å². The first-order valence-corrected chi connectivity index (χ1v) is 7.19. The van der Waals surface area contributed by atoms with E-state index in [1.807, 2.05) is 30.3 Å². The van der Waals surface area contributed by atoms with Crippen LogP contribution in [0, 0.1) is 3.57 Å². The molecule has 84 valence electrons. The molecule has 0 saturated heterocycles. The van der Waals surface area contributed by atoms with Crippen molar-refractivity contribution in [3.63, 3.8) is 0 Å². The highest BCUT2D eigenvalue weighted by molar-refractivity contribution is 14.1. The van der Waals surface area contributed by atoms with E-state index >= 15 is 0 Å². The van der Waals surface area contributed by atoms with Gasteiger partial charge in [0, 0.05) is 8.45 Å². The van der Waals surface area contributed by atoms with Gasteiger partial charge in [-0.25, -0.2) is 0 Å². The Balaban J connectivity index is 2.33. The van der Waals surface area contributed by atoms with Gasteiger partial charge in [-0.05, 0) is 52.4 Å². The summed E-state index contributed by atoms with van der Waals surface area (Å²) in [4.78, 5) is 1.04. The molecule has 2 aromatic rings. The van der Waals surface area contributed by atoms with Crippen LogP contribution in [0.15, 0.2) is 30.3 Å². The summed E-state index contributed by atoms with van der Waals surface area (Å²) in [6.45, 7) is 0. The second-order valence-corrected chi connectivity index (χ2v) is 6.61. The van der Waals surface area contributed by atoms with Gasteiger partial charge in [-0.2, -0.15) is 0 Å². The Morgan fingerprint density at radius 3 is 2.50 bits per heavy atom. The van der Waals surface area contributed by atoms with E-state index < -0.39 is 0 Å². The SMILES string of the molecule is NC(c1ccc(I)c(Cl)c1)c1ccc(Cl)s1. The van der Waals surface area contributed by atoms with E-state index in [0.717, 1.165) is 23.4 Å². The van der Waals surface area contributed by atoms with Crippen LogP contribution in [0.3, 0.4) is 0 Å². The molecule has 1 aromatic heterocycles. The number of halogens is 3. The summed E-state index contributed by atoms with van der Waals surface area (Å²) >= 11 is 15.6. The van der Waals surface area contributed by atoms with Crippen LogP contribution < -0.4 is 5.73 Å². The molecule has 0 saturated carbocycles. The van der Waals surface area contributed by atoms with Crippen LogP contribution in [0.5, 0.6) is 0 Å². The second kappa shape index (κ2) is 5.23. The molecule has 1 aromatic carbocycles. The Morgan fingerprint density at radius 2 is 1.94 bits per heavy atom. The van der Waals surface area contributed by atoms with Crippen molar-refractivity contribution in [2.75, 3.05) is 0 Å². The van der Waals surface area contributed by atoms with Crippen molar-refractivity contribution in [1.82, 2.24) is 0 Å². The van der Waals surface area contributed by atoms with Crippen molar-refractivity contribution >= 4 is 57.1 Å². The largest absolute Gasteiger partial charge is 0.320 e. The zero-order chi connectivity index (χ0) is 11.7. The van der Waals surface area contributed by atoms with Crippen LogP contribution in [-0.4, -0.2) is 0 Å². The first kappa shape index (κ1) is 12.6. The third kappa shape index (κ3) is 2.71. The Morgan fingerprint density at radius 1 is 1.19 bits per heavy atom. The maximum Gasteiger partial charge on any atom is 0.0931 e. The predicted molar refractivity (Wildman–Crippen MR) is 79.5 cm³/mol. The molecule has 0 aliphatic rings. The van der Waals surface area contributed by atoms with E-state index in [2.05, 4.69) is 22.6 Å². The van der Waals surface area contributed by atoms with Gasteiger partial charge in [0.15, 0.2) is 0 Å². The summed E-state index contributed by atoms with van der Waals surface area (Å²) in [5, 5.41) is 0.733. The zero-order valence-corrected chi connectivity index (χ0v) is 12.6. The van der Waals surface area contributed by atoms with Gasteiger partial charge < -0.3 is 5.73 Å². The number of nitrogens with two attached hydrogens (primary N) is 1. The molecule has 0 spiro atoms. The molecule has 0 radical (unpaired) electrons. The molecule has 1 nitrogen and oxygen atoms in total. The van der Waals surface area contributed by atoms with Crippen molar-refractivity contribution in [3.8, 4) is 0 Å². The maximum atomic E-state index is 6.14. The van der Waals surface area contributed by atoms with Gasteiger partial charge in [0.25, 0.3) is 0 Å². The summed E-state index contributed by atoms with van der Waals surface area (Å²) < 4.78 is 1.78. The Hall–Kier alpha value is 0.190. The minimum absolute atomic E-state index is 0.160. The molecule has 5 heteroatoms. The highest BCUT2D eigenvalue weighted by Gasteiger charge is 2.12. The van der Waals surface area contributed by atoms with Crippen molar-refractivity contribution in [2.45, 2.75) is 6.04 Å². The van der Waals surface area contributed by atoms with Crippen molar-refractivity contribution < 1.29 is 0 Å². The molecular weight excluding hydrogens is 376 g/mol. The quantitative estimate of drug-likeness (QED) is 0.747. The van der Waals surface area contributed by atoms with Crippen LogP contribution >= 0.6 is 57.1 Å². The van der Waals surface area contributed by atoms with Crippen LogP contribution in [0.4, 0.5) is 0 Å². The molecule has 16 heavy (non-hydrogen) atoms. The molecule has 0 amide bonds. The van der Waals surface area contributed by atoms with Crippen molar-refractivity contribution in [3.05, 3.63) is 53.7 Å². The van der Waals surface area contributed by atoms with Gasteiger partial charge in [0.1, 0.15) is 0 Å². The number of benzene rings is 1. The number of thiophene rings is 1. The number of hydrogen-bond donors (Lipinski definition) is 1. The number of rotatable bonds is 2. The second-order valence-electron chi connectivity index (χ2n) is 3.29. The van der Waals surface area contributed by atoms with E-state index in [0.29, 0.717) is 0 Å². The molecule has 0 bridgehead atoms. The van der Waals surface area contributed by atoms with E-state index in [4.69, 9.17) is 28.9 Å². The molecule has 0 aliphatic heterocycles. The lowest BCUT2D eigenvalue weighted by Crippen LogP contribution is -2.10. The maximum absolute atomic E-state index is 6.14. The highest BCUT2D eigenvalue weighted by Crippen LogP contribution is 2.31. The summed E-state index contributed by atoms with van der Waals surface area (Å²) in [6.07, 6.45) is 0. The van der Waals surface area contributed by atoms with Gasteiger partial charge in [0.05, 0.1) is 15.4 Å². The monoisotopic (exact) mass is 383 g/mol. The van der Waals surface area contributed by atoms with Crippen molar-refractivity contribution in [2.24, 2.45) is 5.73 Å². The first-order chi connectivity index (χ1) is 7.58. The minimum Gasteiger partial charge on any atom is -0.320 e. The smallest absolute Gasteiger partial charge is 0.0931 e. The van der Waals surface area contributed by atoms with E-state index in [-0.39, 0.29) is 6.04 Å². The molecule has 0 aliphatic carbocycles. The summed E-state index contributed by atoms with van der Waals surface area (Å²) in [6, 6.07) is 9.51. The Labute approximate surface area is 122 Å². The third-order valence-corrected chi connectivity index (χ3v) is 5.09. The normalized spacial score (nSPS) is 12.8. The zero-order valence-electron chi connectivity index (χ0n) is 8.08. The van der Waals surface area contributed by atoms with E-state index in [1.54, 1.807) is 0 Å². The van der Waals surface area contributed by atoms with E-state index in [9.17, 15) is 0 Å². The van der Waals surface area contributed by atoms with Crippen LogP contribution in [0.25, 0.3) is 0 Å². The van der Waals surface area contributed by atoms with Crippen molar-refractivity contribution in [1.29, 1.82) is 0 Å². The summed E-state index contributed by atoms with van der Waals surface area (Å²) in [5.74, 6) is 0. The van der Waals surface area contributed by atoms with Crippen LogP contribution in [0.1, 0.15) is 16.5 Å². The minimum atomic E-state index is -0.160. The lowest BCUT2D eigenvalue weighted by Gasteiger charge is -2.10. The molecule has 0 fully saturated rings. The Kier molecular flexibility index (Phi) is 4.13. The number of hydrogen-bond acceptors (Lipinski definition) is 2. The lowest BCUT2D eigenvalue weighted by molar-refractivity contribution is 0.893. The molecular formula is C11H8Cl2INS. The standard InChI is InChI=1S/C11H8Cl2INS/c12-7-5-6(1-2-8(7)14)11(15)9-3-4-10(13)16-9/h1-5,11H,15H2. The van der Waals surface area contributed by atoms with Gasteiger partial charge >= 0.3 is 0 Å². The van der Waals surface area contributed by atoms with Gasteiger partial charge in [-0.1, -0.05) is 29.3 Å². The molecule has 1 atom stereocenters. The fourth-order valence-corrected chi connectivity index (χ4v) is 2.98. The summed E-state index contributed by atoms with van der Waals surface area (Å²) in [5.41, 5.74) is 7.14. The van der Waals surface area contributed by atoms with Gasteiger partial charge in [-0.15, -0.1) is 11.3 Å². The van der Waals surface area contributed by atoms with E-state index in [1.165, 1.54) is 11.3 Å². The molecule has 2 N–H and O–H groups in total. The average molecular weight is 384 g/mol. The molecule has 2 rings (SSSR count). The first-order valence-electron chi connectivity index (χ1n) is 4.53. The fraction of sp³-hybridized carbons (Fsp3) is 0.0909. The third-order valence-electron chi connectivity index (χ3n) is 2.20.